The smallest absolute Gasteiger partial charge is 0.315 e. The number of amides is 2. The second kappa shape index (κ2) is 5.99. The predicted molar refractivity (Wildman–Crippen MR) is 77.7 cm³/mol. The first-order valence-corrected chi connectivity index (χ1v) is 7.07. The van der Waals surface area contributed by atoms with Crippen LogP contribution in [0, 0.1) is 5.41 Å². The number of hydrogen-bond acceptors (Lipinski definition) is 3. The van der Waals surface area contributed by atoms with Crippen LogP contribution in [0.15, 0.2) is 0 Å². The molecule has 3 N–H and O–H groups in total. The Morgan fingerprint density at radius 1 is 1.25 bits per heavy atom. The van der Waals surface area contributed by atoms with Crippen molar-refractivity contribution in [3.05, 3.63) is 0 Å². The van der Waals surface area contributed by atoms with E-state index in [9.17, 15) is 14.7 Å². The first-order valence-electron chi connectivity index (χ1n) is 7.07. The molecule has 0 heterocycles. The highest BCUT2D eigenvalue weighted by molar-refractivity contribution is 5.79. The lowest BCUT2D eigenvalue weighted by Gasteiger charge is -2.38. The van der Waals surface area contributed by atoms with E-state index in [1.807, 2.05) is 0 Å². The Hall–Kier alpha value is -1.30. The van der Waals surface area contributed by atoms with Crippen LogP contribution in [0.3, 0.4) is 0 Å². The zero-order chi connectivity index (χ0) is 15.6. The number of carbonyl (C=O) groups excluding carboxylic acids is 1. The van der Waals surface area contributed by atoms with E-state index in [0.717, 1.165) is 6.54 Å². The quantitative estimate of drug-likeness (QED) is 0.658. The molecular formula is C14H27N3O3. The van der Waals surface area contributed by atoms with E-state index in [1.54, 1.807) is 27.7 Å². The van der Waals surface area contributed by atoms with E-state index in [-0.39, 0.29) is 6.03 Å². The van der Waals surface area contributed by atoms with E-state index in [1.165, 1.54) is 12.8 Å². The van der Waals surface area contributed by atoms with Crippen molar-refractivity contribution >= 4 is 12.0 Å². The molecule has 1 rings (SSSR count). The second-order valence-corrected chi connectivity index (χ2v) is 6.65. The highest BCUT2D eigenvalue weighted by atomic mass is 16.4. The summed E-state index contributed by atoms with van der Waals surface area (Å²) in [4.78, 5) is 25.3. The Balaban J connectivity index is 2.38. The minimum absolute atomic E-state index is 0.325. The van der Waals surface area contributed by atoms with Crippen molar-refractivity contribution < 1.29 is 14.7 Å². The van der Waals surface area contributed by atoms with Crippen LogP contribution in [-0.2, 0) is 4.79 Å². The van der Waals surface area contributed by atoms with Crippen LogP contribution in [0.25, 0.3) is 0 Å². The molecule has 0 aliphatic heterocycles. The van der Waals surface area contributed by atoms with Crippen molar-refractivity contribution in [1.82, 2.24) is 15.5 Å². The number of carboxylic acid groups (broad SMARTS) is 1. The molecule has 6 heteroatoms. The number of hydrogen-bond donors (Lipinski definition) is 3. The summed E-state index contributed by atoms with van der Waals surface area (Å²) in [5, 5.41) is 14.8. The lowest BCUT2D eigenvalue weighted by atomic mass is 9.74. The van der Waals surface area contributed by atoms with Crippen LogP contribution in [-0.4, -0.2) is 53.7 Å². The largest absolute Gasteiger partial charge is 0.481 e. The fourth-order valence-electron chi connectivity index (χ4n) is 1.80. The van der Waals surface area contributed by atoms with Gasteiger partial charge < -0.3 is 20.6 Å². The summed E-state index contributed by atoms with van der Waals surface area (Å²) in [6.07, 6.45) is 2.48. The lowest BCUT2D eigenvalue weighted by molar-refractivity contribution is -0.150. The van der Waals surface area contributed by atoms with Crippen LogP contribution in [0.2, 0.25) is 0 Å². The molecule has 116 valence electrons. The average molecular weight is 285 g/mol. The van der Waals surface area contributed by atoms with Crippen LogP contribution in [0.5, 0.6) is 0 Å². The van der Waals surface area contributed by atoms with E-state index in [0.29, 0.717) is 12.6 Å². The molecule has 1 fully saturated rings. The maximum absolute atomic E-state index is 11.9. The van der Waals surface area contributed by atoms with E-state index in [2.05, 4.69) is 22.6 Å². The minimum atomic E-state index is -1.05. The first-order chi connectivity index (χ1) is 9.08. The Kier molecular flexibility index (Phi) is 5.02. The lowest BCUT2D eigenvalue weighted by Crippen LogP contribution is -2.59. The monoisotopic (exact) mass is 285 g/mol. The van der Waals surface area contributed by atoms with E-state index >= 15 is 0 Å². The second-order valence-electron chi connectivity index (χ2n) is 6.65. The molecule has 0 aromatic rings. The summed E-state index contributed by atoms with van der Waals surface area (Å²) in [5.74, 6) is -0.934. The van der Waals surface area contributed by atoms with E-state index in [4.69, 9.17) is 0 Å². The molecule has 2 amide bonds. The molecule has 0 radical (unpaired) electrons. The van der Waals surface area contributed by atoms with Crippen molar-refractivity contribution in [3.63, 3.8) is 0 Å². The minimum Gasteiger partial charge on any atom is -0.481 e. The van der Waals surface area contributed by atoms with Gasteiger partial charge >= 0.3 is 12.0 Å². The molecular weight excluding hydrogens is 258 g/mol. The molecule has 0 atom stereocenters. The maximum Gasteiger partial charge on any atom is 0.315 e. The molecule has 1 aliphatic carbocycles. The number of carboxylic acids is 1. The van der Waals surface area contributed by atoms with Crippen LogP contribution >= 0.6 is 0 Å². The van der Waals surface area contributed by atoms with Gasteiger partial charge in [0.25, 0.3) is 0 Å². The Morgan fingerprint density at radius 2 is 1.80 bits per heavy atom. The predicted octanol–water partition coefficient (Wildman–Crippen LogP) is 1.27. The first kappa shape index (κ1) is 16.8. The number of nitrogens with zero attached hydrogens (tertiary/aromatic N) is 1. The molecule has 0 spiro atoms. The van der Waals surface area contributed by atoms with Crippen molar-refractivity contribution in [3.8, 4) is 0 Å². The molecule has 1 saturated carbocycles. The summed E-state index contributed by atoms with van der Waals surface area (Å²) in [6.45, 7) is 8.02. The molecule has 0 unspecified atom stereocenters. The molecule has 0 saturated heterocycles. The number of carbonyl (C=O) groups is 2. The zero-order valence-corrected chi connectivity index (χ0v) is 13.1. The topological polar surface area (TPSA) is 81.7 Å². The highest BCUT2D eigenvalue weighted by Gasteiger charge is 2.44. The summed E-state index contributed by atoms with van der Waals surface area (Å²) < 4.78 is 0. The molecule has 6 nitrogen and oxygen atoms in total. The normalized spacial score (nSPS) is 16.1. The molecule has 0 bridgehead atoms. The van der Waals surface area contributed by atoms with Gasteiger partial charge in [0.15, 0.2) is 0 Å². The third kappa shape index (κ3) is 4.10. The molecule has 0 aromatic heterocycles. The summed E-state index contributed by atoms with van der Waals surface area (Å²) in [7, 11) is 2.05. The fraction of sp³-hybridized carbons (Fsp3) is 0.857. The van der Waals surface area contributed by atoms with Gasteiger partial charge in [0, 0.05) is 19.1 Å². The third-order valence-electron chi connectivity index (χ3n) is 4.44. The Morgan fingerprint density at radius 3 is 2.25 bits per heavy atom. The third-order valence-corrected chi connectivity index (χ3v) is 4.44. The van der Waals surface area contributed by atoms with Crippen LogP contribution in [0.4, 0.5) is 4.79 Å². The van der Waals surface area contributed by atoms with Gasteiger partial charge in [-0.2, -0.15) is 0 Å². The zero-order valence-electron chi connectivity index (χ0n) is 13.1. The van der Waals surface area contributed by atoms with Crippen molar-refractivity contribution in [1.29, 1.82) is 0 Å². The van der Waals surface area contributed by atoms with Crippen LogP contribution in [0.1, 0.15) is 40.5 Å². The fourth-order valence-corrected chi connectivity index (χ4v) is 1.80. The Bertz CT molecular complexity index is 376. The average Bonchev–Trinajstić information content (AvgIpc) is 3.11. The van der Waals surface area contributed by atoms with Gasteiger partial charge in [-0.3, -0.25) is 4.79 Å². The van der Waals surface area contributed by atoms with Gasteiger partial charge in [-0.1, -0.05) is 0 Å². The molecule has 20 heavy (non-hydrogen) atoms. The number of aliphatic carboxylic acids is 1. The number of urea groups is 1. The molecule has 1 aliphatic rings. The van der Waals surface area contributed by atoms with Gasteiger partial charge in [-0.15, -0.1) is 0 Å². The van der Waals surface area contributed by atoms with Gasteiger partial charge in [0.1, 0.15) is 0 Å². The summed E-state index contributed by atoms with van der Waals surface area (Å²) in [6, 6.07) is 0.343. The van der Waals surface area contributed by atoms with Gasteiger partial charge in [-0.25, -0.2) is 4.79 Å². The molecule has 0 aromatic carbocycles. The highest BCUT2D eigenvalue weighted by Crippen LogP contribution is 2.30. The van der Waals surface area contributed by atoms with Crippen LogP contribution < -0.4 is 10.6 Å². The Labute approximate surface area is 120 Å². The van der Waals surface area contributed by atoms with Gasteiger partial charge in [0.2, 0.25) is 0 Å². The maximum atomic E-state index is 11.9. The van der Waals surface area contributed by atoms with Gasteiger partial charge in [-0.05, 0) is 47.6 Å². The number of likely N-dealkylation sites (N-methyl/N-ethyl adjacent to an activating group) is 1. The SMILES string of the molecule is CN(CCNC(=O)NC(C)(C)C(C)(C)C(=O)O)C1CC1. The summed E-state index contributed by atoms with van der Waals surface area (Å²) in [5.41, 5.74) is -1.89. The van der Waals surface area contributed by atoms with Crippen molar-refractivity contribution in [2.24, 2.45) is 5.41 Å². The standard InChI is InChI=1S/C14H27N3O3/c1-13(2,11(18)19)14(3,4)16-12(20)15-8-9-17(5)10-6-7-10/h10H,6-9H2,1-5H3,(H,18,19)(H2,15,16,20). The van der Waals surface area contributed by atoms with E-state index < -0.39 is 16.9 Å². The number of nitrogens with one attached hydrogen (secondary N) is 2. The summed E-state index contributed by atoms with van der Waals surface area (Å²) >= 11 is 0. The van der Waals surface area contributed by atoms with Crippen molar-refractivity contribution in [2.75, 3.05) is 20.1 Å². The van der Waals surface area contributed by atoms with Gasteiger partial charge in [0.05, 0.1) is 11.0 Å². The van der Waals surface area contributed by atoms with Crippen molar-refractivity contribution in [2.45, 2.75) is 52.1 Å². The number of rotatable bonds is 7.